The lowest BCUT2D eigenvalue weighted by Crippen LogP contribution is -2.47. The Balaban J connectivity index is 1.63. The number of aromatic nitrogens is 1. The van der Waals surface area contributed by atoms with E-state index in [1.54, 1.807) is 6.20 Å². The molecule has 1 amide bonds. The van der Waals surface area contributed by atoms with E-state index in [1.807, 2.05) is 24.3 Å². The molecule has 25 heavy (non-hydrogen) atoms. The van der Waals surface area contributed by atoms with Gasteiger partial charge in [-0.2, -0.15) is 0 Å². The van der Waals surface area contributed by atoms with Crippen molar-refractivity contribution in [3.05, 3.63) is 36.2 Å². The molecule has 1 aromatic heterocycles. The van der Waals surface area contributed by atoms with Crippen molar-refractivity contribution in [3.63, 3.8) is 0 Å². The molecule has 1 aromatic carbocycles. The number of amides is 1. The molecule has 2 aromatic rings. The second kappa shape index (κ2) is 7.80. The lowest BCUT2D eigenvalue weighted by atomic mass is 10.2. The normalized spacial score (nSPS) is 18.5. The van der Waals surface area contributed by atoms with Crippen LogP contribution in [0.3, 0.4) is 0 Å². The van der Waals surface area contributed by atoms with E-state index in [-0.39, 0.29) is 5.91 Å². The van der Waals surface area contributed by atoms with Crippen molar-refractivity contribution in [2.45, 2.75) is 32.8 Å². The van der Waals surface area contributed by atoms with E-state index in [0.29, 0.717) is 25.0 Å². The number of ether oxygens (including phenoxy) is 1. The highest BCUT2D eigenvalue weighted by atomic mass is 16.5. The summed E-state index contributed by atoms with van der Waals surface area (Å²) in [7, 11) is 0. The Morgan fingerprint density at radius 2 is 2.12 bits per heavy atom. The number of oxazole rings is 1. The van der Waals surface area contributed by atoms with Crippen LogP contribution < -0.4 is 5.32 Å². The van der Waals surface area contributed by atoms with Crippen LogP contribution in [0, 0.1) is 0 Å². The number of nitrogens with zero attached hydrogens (tertiary/aromatic N) is 2. The zero-order valence-corrected chi connectivity index (χ0v) is 15.0. The fourth-order valence-corrected chi connectivity index (χ4v) is 2.75. The van der Waals surface area contributed by atoms with Gasteiger partial charge >= 0.3 is 0 Å². The number of carbonyl (C=O) groups excluding carboxylic acids is 1. The number of likely N-dealkylation sites (N-methyl/N-ethyl adjacent to an activating group) is 1. The Bertz CT molecular complexity index is 709. The predicted molar refractivity (Wildman–Crippen MR) is 96.5 cm³/mol. The second-order valence-electron chi connectivity index (χ2n) is 6.54. The lowest BCUT2D eigenvalue weighted by Gasteiger charge is -2.31. The fraction of sp³-hybridized carbons (Fsp3) is 0.474. The molecular formula is C19H25N3O3. The van der Waals surface area contributed by atoms with Crippen molar-refractivity contribution in [1.29, 1.82) is 0 Å². The first kappa shape index (κ1) is 17.6. The maximum absolute atomic E-state index is 12.4. The first-order valence-corrected chi connectivity index (χ1v) is 8.77. The van der Waals surface area contributed by atoms with Gasteiger partial charge in [-0.25, -0.2) is 4.98 Å². The van der Waals surface area contributed by atoms with Crippen LogP contribution in [0.25, 0.3) is 11.5 Å². The number of nitrogens with one attached hydrogen (secondary N) is 1. The van der Waals surface area contributed by atoms with Crippen LogP contribution in [-0.2, 0) is 9.53 Å². The van der Waals surface area contributed by atoms with Gasteiger partial charge in [0.2, 0.25) is 5.89 Å². The number of anilines is 1. The molecule has 0 bridgehead atoms. The Morgan fingerprint density at radius 1 is 1.36 bits per heavy atom. The third kappa shape index (κ3) is 4.27. The van der Waals surface area contributed by atoms with E-state index < -0.39 is 6.10 Å². The van der Waals surface area contributed by atoms with E-state index >= 15 is 0 Å². The SMILES string of the molecule is CCN1CCOC(C(=O)Nc2ccc(-c3ncc(C(C)C)o3)cc2)C1. The third-order valence-electron chi connectivity index (χ3n) is 4.38. The van der Waals surface area contributed by atoms with E-state index in [2.05, 4.69) is 36.0 Å². The molecule has 1 aliphatic rings. The Kier molecular flexibility index (Phi) is 5.50. The first-order valence-electron chi connectivity index (χ1n) is 8.77. The number of hydrogen-bond acceptors (Lipinski definition) is 5. The van der Waals surface area contributed by atoms with Gasteiger partial charge in [-0.05, 0) is 30.8 Å². The van der Waals surface area contributed by atoms with E-state index in [1.165, 1.54) is 0 Å². The molecule has 1 fully saturated rings. The summed E-state index contributed by atoms with van der Waals surface area (Å²) in [6.07, 6.45) is 1.34. The molecule has 1 atom stereocenters. The zero-order chi connectivity index (χ0) is 17.8. The van der Waals surface area contributed by atoms with Crippen molar-refractivity contribution in [2.24, 2.45) is 0 Å². The molecule has 1 N–H and O–H groups in total. The topological polar surface area (TPSA) is 67.6 Å². The van der Waals surface area contributed by atoms with Gasteiger partial charge in [-0.1, -0.05) is 20.8 Å². The highest BCUT2D eigenvalue weighted by molar-refractivity contribution is 5.94. The van der Waals surface area contributed by atoms with Crippen LogP contribution in [-0.4, -0.2) is 48.1 Å². The smallest absolute Gasteiger partial charge is 0.254 e. The van der Waals surface area contributed by atoms with Crippen LogP contribution >= 0.6 is 0 Å². The summed E-state index contributed by atoms with van der Waals surface area (Å²) in [5.41, 5.74) is 1.62. The predicted octanol–water partition coefficient (Wildman–Crippen LogP) is 3.12. The molecule has 1 saturated heterocycles. The molecule has 3 rings (SSSR count). The summed E-state index contributed by atoms with van der Waals surface area (Å²) in [5.74, 6) is 1.65. The second-order valence-corrected chi connectivity index (χ2v) is 6.54. The van der Waals surface area contributed by atoms with Gasteiger partial charge in [0.25, 0.3) is 5.91 Å². The molecule has 0 radical (unpaired) electrons. The van der Waals surface area contributed by atoms with Crippen LogP contribution in [0.1, 0.15) is 32.4 Å². The first-order chi connectivity index (χ1) is 12.1. The molecule has 1 aliphatic heterocycles. The number of hydrogen-bond donors (Lipinski definition) is 1. The third-order valence-corrected chi connectivity index (χ3v) is 4.38. The number of morpholine rings is 1. The quantitative estimate of drug-likeness (QED) is 0.903. The summed E-state index contributed by atoms with van der Waals surface area (Å²) in [6.45, 7) is 9.25. The monoisotopic (exact) mass is 343 g/mol. The number of rotatable bonds is 5. The molecule has 6 nitrogen and oxygen atoms in total. The summed E-state index contributed by atoms with van der Waals surface area (Å²) >= 11 is 0. The standard InChI is InChI=1S/C19H25N3O3/c1-4-22-9-10-24-17(12-22)18(23)21-15-7-5-14(6-8-15)19-20-11-16(25-19)13(2)3/h5-8,11,13,17H,4,9-10,12H2,1-3H3,(H,21,23). The van der Waals surface area contributed by atoms with Crippen LogP contribution in [0.15, 0.2) is 34.9 Å². The van der Waals surface area contributed by atoms with Crippen LogP contribution in [0.2, 0.25) is 0 Å². The Labute approximate surface area is 148 Å². The molecule has 1 unspecified atom stereocenters. The Hall–Kier alpha value is -2.18. The minimum Gasteiger partial charge on any atom is -0.441 e. The van der Waals surface area contributed by atoms with Gasteiger partial charge in [-0.3, -0.25) is 9.69 Å². The highest BCUT2D eigenvalue weighted by Crippen LogP contribution is 2.24. The van der Waals surface area contributed by atoms with Gasteiger partial charge < -0.3 is 14.5 Å². The average Bonchev–Trinajstić information content (AvgIpc) is 3.13. The molecule has 0 saturated carbocycles. The summed E-state index contributed by atoms with van der Waals surface area (Å²) in [5, 5.41) is 2.92. The van der Waals surface area contributed by atoms with E-state index in [0.717, 1.165) is 30.1 Å². The van der Waals surface area contributed by atoms with Crippen molar-refractivity contribution in [1.82, 2.24) is 9.88 Å². The highest BCUT2D eigenvalue weighted by Gasteiger charge is 2.25. The zero-order valence-electron chi connectivity index (χ0n) is 15.0. The van der Waals surface area contributed by atoms with Crippen molar-refractivity contribution in [2.75, 3.05) is 31.6 Å². The van der Waals surface area contributed by atoms with Crippen molar-refractivity contribution in [3.8, 4) is 11.5 Å². The molecule has 6 heteroatoms. The van der Waals surface area contributed by atoms with Gasteiger partial charge in [0.05, 0.1) is 12.8 Å². The van der Waals surface area contributed by atoms with Crippen LogP contribution in [0.5, 0.6) is 0 Å². The number of carbonyl (C=O) groups is 1. The lowest BCUT2D eigenvalue weighted by molar-refractivity contribution is -0.132. The van der Waals surface area contributed by atoms with Gasteiger partial charge in [0, 0.05) is 30.3 Å². The largest absolute Gasteiger partial charge is 0.441 e. The maximum atomic E-state index is 12.4. The van der Waals surface area contributed by atoms with Crippen LogP contribution in [0.4, 0.5) is 5.69 Å². The van der Waals surface area contributed by atoms with E-state index in [9.17, 15) is 4.79 Å². The summed E-state index contributed by atoms with van der Waals surface area (Å²) in [6, 6.07) is 7.50. The fourth-order valence-electron chi connectivity index (χ4n) is 2.75. The van der Waals surface area contributed by atoms with Crippen molar-refractivity contribution < 1.29 is 13.9 Å². The molecule has 0 aliphatic carbocycles. The average molecular weight is 343 g/mol. The van der Waals surface area contributed by atoms with Crippen molar-refractivity contribution >= 4 is 11.6 Å². The summed E-state index contributed by atoms with van der Waals surface area (Å²) < 4.78 is 11.3. The molecular weight excluding hydrogens is 318 g/mol. The van der Waals surface area contributed by atoms with E-state index in [4.69, 9.17) is 9.15 Å². The maximum Gasteiger partial charge on any atom is 0.254 e. The summed E-state index contributed by atoms with van der Waals surface area (Å²) in [4.78, 5) is 18.9. The molecule has 134 valence electrons. The minimum absolute atomic E-state index is 0.107. The Morgan fingerprint density at radius 3 is 2.76 bits per heavy atom. The molecule has 2 heterocycles. The van der Waals surface area contributed by atoms with Gasteiger partial charge in [-0.15, -0.1) is 0 Å². The van der Waals surface area contributed by atoms with Gasteiger partial charge in [0.1, 0.15) is 11.9 Å². The molecule has 0 spiro atoms. The van der Waals surface area contributed by atoms with Gasteiger partial charge in [0.15, 0.2) is 0 Å². The minimum atomic E-state index is -0.422. The number of benzene rings is 1.